The van der Waals surface area contributed by atoms with Crippen molar-refractivity contribution in [3.63, 3.8) is 0 Å². The van der Waals surface area contributed by atoms with Crippen LogP contribution in [0.2, 0.25) is 0 Å². The molecular formula is C18H12NO2S. The molecule has 0 saturated heterocycles. The monoisotopic (exact) mass is 306 g/mol. The van der Waals surface area contributed by atoms with Crippen LogP contribution in [0.5, 0.6) is 0 Å². The van der Waals surface area contributed by atoms with E-state index in [1.807, 2.05) is 30.3 Å². The van der Waals surface area contributed by atoms with E-state index in [0.29, 0.717) is 11.0 Å². The Labute approximate surface area is 128 Å². The maximum Gasteiger partial charge on any atom is 0.268 e. The average molecular weight is 306 g/mol. The van der Waals surface area contributed by atoms with Crippen LogP contribution < -0.4 is 0 Å². The van der Waals surface area contributed by atoms with Crippen molar-refractivity contribution in [3.8, 4) is 0 Å². The molecule has 0 aliphatic carbocycles. The molecule has 1 radical (unpaired) electrons. The van der Waals surface area contributed by atoms with Crippen LogP contribution in [-0.4, -0.2) is 12.4 Å². The number of hydrogen-bond donors (Lipinski definition) is 0. The van der Waals surface area contributed by atoms with Gasteiger partial charge in [0.2, 0.25) is 0 Å². The van der Waals surface area contributed by atoms with Crippen molar-refractivity contribution in [3.05, 3.63) is 78.9 Å². The Balaban J connectivity index is 2.18. The van der Waals surface area contributed by atoms with Gasteiger partial charge in [-0.25, -0.2) is 12.4 Å². The van der Waals surface area contributed by atoms with Crippen LogP contribution in [0.1, 0.15) is 0 Å². The molecule has 1 aromatic heterocycles. The highest BCUT2D eigenvalue weighted by atomic mass is 32.2. The second kappa shape index (κ2) is 4.71. The molecule has 0 N–H and O–H groups in total. The SMILES string of the molecule is O=S(=O)(c1ccccc1)n1c2cc[c]cc2c2ccccc21. The lowest BCUT2D eigenvalue weighted by molar-refractivity contribution is 0.590. The second-order valence-electron chi connectivity index (χ2n) is 5.04. The number of hydrogen-bond acceptors (Lipinski definition) is 2. The highest BCUT2D eigenvalue weighted by molar-refractivity contribution is 7.90. The molecule has 0 fully saturated rings. The van der Waals surface area contributed by atoms with E-state index in [2.05, 4.69) is 6.07 Å². The number of benzene rings is 3. The summed E-state index contributed by atoms with van der Waals surface area (Å²) in [6, 6.07) is 24.4. The van der Waals surface area contributed by atoms with E-state index in [4.69, 9.17) is 0 Å². The van der Waals surface area contributed by atoms with E-state index in [1.54, 1.807) is 42.5 Å². The maximum absolute atomic E-state index is 13.1. The molecule has 0 amide bonds. The molecule has 3 aromatic carbocycles. The first-order valence-corrected chi connectivity index (χ1v) is 8.33. The standard InChI is InChI=1S/C18H12NO2S/c20-22(21,14-8-2-1-3-9-14)19-17-12-6-4-10-15(17)16-11-5-7-13-18(16)19/h1-4,6-13H. The van der Waals surface area contributed by atoms with Gasteiger partial charge in [-0.15, -0.1) is 0 Å². The van der Waals surface area contributed by atoms with E-state index in [1.165, 1.54) is 3.97 Å². The van der Waals surface area contributed by atoms with Gasteiger partial charge in [0.25, 0.3) is 10.0 Å². The molecule has 4 rings (SSSR count). The van der Waals surface area contributed by atoms with E-state index >= 15 is 0 Å². The first-order valence-electron chi connectivity index (χ1n) is 6.89. The zero-order valence-corrected chi connectivity index (χ0v) is 12.4. The smallest absolute Gasteiger partial charge is 0.233 e. The third-order valence-electron chi connectivity index (χ3n) is 3.75. The Hall–Kier alpha value is -2.59. The molecule has 0 aliphatic heterocycles. The summed E-state index contributed by atoms with van der Waals surface area (Å²) in [5, 5.41) is 1.80. The van der Waals surface area contributed by atoms with Crippen LogP contribution >= 0.6 is 0 Å². The molecule has 3 nitrogen and oxygen atoms in total. The van der Waals surface area contributed by atoms with Gasteiger partial charge >= 0.3 is 0 Å². The number of para-hydroxylation sites is 1. The summed E-state index contributed by atoms with van der Waals surface area (Å²) in [7, 11) is -3.65. The van der Waals surface area contributed by atoms with E-state index in [-0.39, 0.29) is 4.90 Å². The number of nitrogens with zero attached hydrogens (tertiary/aromatic N) is 1. The Bertz CT molecular complexity index is 1030. The van der Waals surface area contributed by atoms with Gasteiger partial charge < -0.3 is 0 Å². The molecule has 0 unspecified atom stereocenters. The summed E-state index contributed by atoms with van der Waals surface area (Å²) in [4.78, 5) is 0.283. The van der Waals surface area contributed by atoms with Crippen LogP contribution in [0.4, 0.5) is 0 Å². The predicted molar refractivity (Wildman–Crippen MR) is 87.3 cm³/mol. The Morgan fingerprint density at radius 1 is 0.773 bits per heavy atom. The average Bonchev–Trinajstić information content (AvgIpc) is 2.91. The predicted octanol–water partition coefficient (Wildman–Crippen LogP) is 3.83. The Morgan fingerprint density at radius 3 is 2.27 bits per heavy atom. The minimum Gasteiger partial charge on any atom is -0.233 e. The van der Waals surface area contributed by atoms with Gasteiger partial charge in [0.05, 0.1) is 15.9 Å². The minimum absolute atomic E-state index is 0.283. The topological polar surface area (TPSA) is 39.1 Å². The fourth-order valence-corrected chi connectivity index (χ4v) is 4.33. The molecule has 22 heavy (non-hydrogen) atoms. The molecule has 0 atom stereocenters. The number of rotatable bonds is 2. The highest BCUT2D eigenvalue weighted by Crippen LogP contribution is 2.31. The minimum atomic E-state index is -3.65. The fraction of sp³-hybridized carbons (Fsp3) is 0. The van der Waals surface area contributed by atoms with E-state index < -0.39 is 10.0 Å². The summed E-state index contributed by atoms with van der Waals surface area (Å²) in [5.74, 6) is 0. The summed E-state index contributed by atoms with van der Waals surface area (Å²) < 4.78 is 27.6. The van der Waals surface area contributed by atoms with Crippen molar-refractivity contribution in [2.45, 2.75) is 4.90 Å². The van der Waals surface area contributed by atoms with E-state index in [9.17, 15) is 8.42 Å². The van der Waals surface area contributed by atoms with Gasteiger partial charge in [-0.2, -0.15) is 0 Å². The van der Waals surface area contributed by atoms with Crippen molar-refractivity contribution >= 4 is 31.8 Å². The van der Waals surface area contributed by atoms with Crippen molar-refractivity contribution in [1.82, 2.24) is 3.97 Å². The number of aromatic nitrogens is 1. The maximum atomic E-state index is 13.1. The molecule has 0 spiro atoms. The number of fused-ring (bicyclic) bond motifs is 3. The lowest BCUT2D eigenvalue weighted by Crippen LogP contribution is -2.12. The normalized spacial score (nSPS) is 12.0. The van der Waals surface area contributed by atoms with Crippen LogP contribution in [0.3, 0.4) is 0 Å². The van der Waals surface area contributed by atoms with Crippen molar-refractivity contribution < 1.29 is 8.42 Å². The third-order valence-corrected chi connectivity index (χ3v) is 5.50. The summed E-state index contributed by atoms with van der Waals surface area (Å²) >= 11 is 0. The first kappa shape index (κ1) is 13.1. The van der Waals surface area contributed by atoms with Crippen LogP contribution in [0, 0.1) is 6.07 Å². The lowest BCUT2D eigenvalue weighted by Gasteiger charge is -2.09. The molecule has 4 aromatic rings. The van der Waals surface area contributed by atoms with E-state index in [0.717, 1.165) is 10.8 Å². The van der Waals surface area contributed by atoms with Crippen LogP contribution in [-0.2, 0) is 10.0 Å². The summed E-state index contributed by atoms with van der Waals surface area (Å²) in [6.07, 6.45) is 0. The first-order chi connectivity index (χ1) is 10.7. The molecular weight excluding hydrogens is 294 g/mol. The Morgan fingerprint density at radius 2 is 1.45 bits per heavy atom. The van der Waals surface area contributed by atoms with Crippen molar-refractivity contribution in [2.24, 2.45) is 0 Å². The third kappa shape index (κ3) is 1.77. The second-order valence-corrected chi connectivity index (χ2v) is 6.83. The highest BCUT2D eigenvalue weighted by Gasteiger charge is 2.22. The van der Waals surface area contributed by atoms with Crippen LogP contribution in [0.25, 0.3) is 21.8 Å². The molecule has 107 valence electrons. The van der Waals surface area contributed by atoms with Gasteiger partial charge in [-0.1, -0.05) is 42.5 Å². The van der Waals surface area contributed by atoms with Crippen molar-refractivity contribution in [1.29, 1.82) is 0 Å². The van der Waals surface area contributed by atoms with Gasteiger partial charge in [-0.05, 0) is 36.4 Å². The molecule has 0 aliphatic rings. The van der Waals surface area contributed by atoms with Crippen LogP contribution in [0.15, 0.2) is 77.7 Å². The largest absolute Gasteiger partial charge is 0.268 e. The van der Waals surface area contributed by atoms with Gasteiger partial charge in [-0.3, -0.25) is 0 Å². The fourth-order valence-electron chi connectivity index (χ4n) is 2.78. The summed E-state index contributed by atoms with van der Waals surface area (Å²) in [6.45, 7) is 0. The van der Waals surface area contributed by atoms with Crippen molar-refractivity contribution in [2.75, 3.05) is 0 Å². The molecule has 4 heteroatoms. The molecule has 0 saturated carbocycles. The zero-order valence-electron chi connectivity index (χ0n) is 11.6. The zero-order chi connectivity index (χ0) is 15.2. The lowest BCUT2D eigenvalue weighted by atomic mass is 10.2. The van der Waals surface area contributed by atoms with Gasteiger partial charge in [0.1, 0.15) is 0 Å². The molecule has 0 bridgehead atoms. The van der Waals surface area contributed by atoms with Gasteiger partial charge in [0.15, 0.2) is 0 Å². The molecule has 1 heterocycles. The summed E-state index contributed by atoms with van der Waals surface area (Å²) in [5.41, 5.74) is 1.35. The quantitative estimate of drug-likeness (QED) is 0.564. The Kier molecular flexibility index (Phi) is 2.81. The van der Waals surface area contributed by atoms with Gasteiger partial charge in [0, 0.05) is 10.8 Å².